The maximum atomic E-state index is 13.9. The summed E-state index contributed by atoms with van der Waals surface area (Å²) in [6, 6.07) is 3.08. The van der Waals surface area contributed by atoms with Crippen LogP contribution in [0, 0.1) is 17.6 Å². The van der Waals surface area contributed by atoms with Gasteiger partial charge in [0.15, 0.2) is 0 Å². The van der Waals surface area contributed by atoms with Gasteiger partial charge in [-0.05, 0) is 25.1 Å². The number of amides is 2. The number of hydrogen-bond acceptors (Lipinski definition) is 4. The molecule has 1 aromatic rings. The maximum absolute atomic E-state index is 13.9. The van der Waals surface area contributed by atoms with E-state index < -0.39 is 17.6 Å². The Balaban J connectivity index is 0.00000261. The number of benzene rings is 1. The van der Waals surface area contributed by atoms with Crippen molar-refractivity contribution in [2.24, 2.45) is 5.92 Å². The molecule has 2 saturated heterocycles. The monoisotopic (exact) mass is 402 g/mol. The van der Waals surface area contributed by atoms with Crippen molar-refractivity contribution in [2.75, 3.05) is 50.7 Å². The molecule has 0 bridgehead atoms. The number of nitrogens with one attached hydrogen (secondary N) is 2. The van der Waals surface area contributed by atoms with Crippen molar-refractivity contribution in [3.8, 4) is 0 Å². The Bertz CT molecular complexity index is 671. The van der Waals surface area contributed by atoms with Gasteiger partial charge in [-0.25, -0.2) is 8.78 Å². The third-order valence-electron chi connectivity index (χ3n) is 4.86. The highest BCUT2D eigenvalue weighted by Gasteiger charge is 2.36. The minimum Gasteiger partial charge on any atom is -0.356 e. The van der Waals surface area contributed by atoms with Gasteiger partial charge in [-0.2, -0.15) is 0 Å². The Hall–Kier alpha value is -1.77. The molecule has 2 heterocycles. The number of carbonyl (C=O) groups excluding carboxylic acids is 2. The van der Waals surface area contributed by atoms with Crippen molar-refractivity contribution in [2.45, 2.75) is 12.8 Å². The van der Waals surface area contributed by atoms with Crippen LogP contribution in [-0.2, 0) is 9.59 Å². The van der Waals surface area contributed by atoms with Crippen LogP contribution >= 0.6 is 12.4 Å². The van der Waals surface area contributed by atoms with Crippen molar-refractivity contribution in [3.63, 3.8) is 0 Å². The number of carbonyl (C=O) groups is 2. The molecule has 6 nitrogen and oxygen atoms in total. The first-order valence-electron chi connectivity index (χ1n) is 9.01. The summed E-state index contributed by atoms with van der Waals surface area (Å²) >= 11 is 0. The minimum atomic E-state index is -0.796. The number of halogens is 3. The summed E-state index contributed by atoms with van der Waals surface area (Å²) in [4.78, 5) is 28.0. The SMILES string of the molecule is Cl.O=C(NCCCN1CCNCC1)C1CC(=O)N(c2ccc(F)cc2F)C1. The fourth-order valence-electron chi connectivity index (χ4n) is 3.41. The van der Waals surface area contributed by atoms with E-state index in [1.54, 1.807) is 0 Å². The molecule has 0 aliphatic carbocycles. The Labute approximate surface area is 163 Å². The van der Waals surface area contributed by atoms with Crippen LogP contribution in [0.5, 0.6) is 0 Å². The van der Waals surface area contributed by atoms with E-state index in [0.29, 0.717) is 6.54 Å². The van der Waals surface area contributed by atoms with Crippen molar-refractivity contribution in [3.05, 3.63) is 29.8 Å². The van der Waals surface area contributed by atoms with Crippen LogP contribution in [0.3, 0.4) is 0 Å². The largest absolute Gasteiger partial charge is 0.356 e. The van der Waals surface area contributed by atoms with Gasteiger partial charge in [-0.1, -0.05) is 0 Å². The lowest BCUT2D eigenvalue weighted by Gasteiger charge is -2.27. The molecule has 1 aromatic carbocycles. The Kier molecular flexibility index (Phi) is 7.94. The molecule has 1 atom stereocenters. The summed E-state index contributed by atoms with van der Waals surface area (Å²) < 4.78 is 26.9. The van der Waals surface area contributed by atoms with Crippen molar-refractivity contribution in [1.29, 1.82) is 0 Å². The summed E-state index contributed by atoms with van der Waals surface area (Å²) in [7, 11) is 0. The number of anilines is 1. The lowest BCUT2D eigenvalue weighted by atomic mass is 10.1. The van der Waals surface area contributed by atoms with E-state index in [4.69, 9.17) is 0 Å². The summed E-state index contributed by atoms with van der Waals surface area (Å²) in [5.74, 6) is -2.52. The van der Waals surface area contributed by atoms with Crippen LogP contribution in [0.1, 0.15) is 12.8 Å². The summed E-state index contributed by atoms with van der Waals surface area (Å²) in [6.45, 7) is 5.62. The van der Waals surface area contributed by atoms with E-state index in [1.165, 1.54) is 11.0 Å². The molecular formula is C18H25ClF2N4O2. The fraction of sp³-hybridized carbons (Fsp3) is 0.556. The van der Waals surface area contributed by atoms with Crippen LogP contribution in [0.25, 0.3) is 0 Å². The van der Waals surface area contributed by atoms with E-state index in [-0.39, 0.29) is 42.9 Å². The first kappa shape index (κ1) is 21.5. The molecule has 150 valence electrons. The quantitative estimate of drug-likeness (QED) is 0.701. The van der Waals surface area contributed by atoms with E-state index in [2.05, 4.69) is 15.5 Å². The predicted octanol–water partition coefficient (Wildman–Crippen LogP) is 1.15. The highest BCUT2D eigenvalue weighted by molar-refractivity contribution is 6.00. The van der Waals surface area contributed by atoms with Gasteiger partial charge >= 0.3 is 0 Å². The van der Waals surface area contributed by atoms with Gasteiger partial charge in [0, 0.05) is 51.8 Å². The second kappa shape index (κ2) is 9.96. The molecule has 2 aliphatic rings. The average Bonchev–Trinajstić information content (AvgIpc) is 3.01. The maximum Gasteiger partial charge on any atom is 0.227 e. The van der Waals surface area contributed by atoms with Gasteiger partial charge in [0.2, 0.25) is 11.8 Å². The van der Waals surface area contributed by atoms with Crippen LogP contribution < -0.4 is 15.5 Å². The smallest absolute Gasteiger partial charge is 0.227 e. The van der Waals surface area contributed by atoms with Crippen LogP contribution in [0.4, 0.5) is 14.5 Å². The molecule has 9 heteroatoms. The Morgan fingerprint density at radius 3 is 2.70 bits per heavy atom. The first-order valence-corrected chi connectivity index (χ1v) is 9.01. The molecule has 27 heavy (non-hydrogen) atoms. The van der Waals surface area contributed by atoms with E-state index >= 15 is 0 Å². The van der Waals surface area contributed by atoms with Crippen LogP contribution in [0.2, 0.25) is 0 Å². The molecule has 0 aromatic heterocycles. The minimum absolute atomic E-state index is 0. The molecule has 2 amide bonds. The van der Waals surface area contributed by atoms with Gasteiger partial charge in [0.25, 0.3) is 0 Å². The topological polar surface area (TPSA) is 64.7 Å². The van der Waals surface area contributed by atoms with Gasteiger partial charge in [0.05, 0.1) is 11.6 Å². The molecule has 0 saturated carbocycles. The fourth-order valence-corrected chi connectivity index (χ4v) is 3.41. The van der Waals surface area contributed by atoms with E-state index in [0.717, 1.165) is 51.3 Å². The molecule has 2 aliphatic heterocycles. The zero-order valence-electron chi connectivity index (χ0n) is 15.0. The van der Waals surface area contributed by atoms with Gasteiger partial charge in [-0.3, -0.25) is 9.59 Å². The standard InChI is InChI=1S/C18H24F2N4O2.ClH/c19-14-2-3-16(15(20)11-14)24-12-13(10-17(24)25)18(26)22-4-1-7-23-8-5-21-6-9-23;/h2-3,11,13,21H,1,4-10,12H2,(H,22,26);1H. The Morgan fingerprint density at radius 1 is 1.26 bits per heavy atom. The summed E-state index contributed by atoms with van der Waals surface area (Å²) in [5, 5.41) is 6.16. The van der Waals surface area contributed by atoms with Gasteiger partial charge in [0.1, 0.15) is 11.6 Å². The summed E-state index contributed by atoms with van der Waals surface area (Å²) in [6.07, 6.45) is 0.892. The zero-order valence-corrected chi connectivity index (χ0v) is 15.9. The third-order valence-corrected chi connectivity index (χ3v) is 4.86. The van der Waals surface area contributed by atoms with Crippen molar-refractivity contribution in [1.82, 2.24) is 15.5 Å². The highest BCUT2D eigenvalue weighted by Crippen LogP contribution is 2.27. The predicted molar refractivity (Wildman–Crippen MR) is 101 cm³/mol. The lowest BCUT2D eigenvalue weighted by Crippen LogP contribution is -2.44. The van der Waals surface area contributed by atoms with Gasteiger partial charge < -0.3 is 20.4 Å². The second-order valence-corrected chi connectivity index (χ2v) is 6.74. The molecular weight excluding hydrogens is 378 g/mol. The number of nitrogens with zero attached hydrogens (tertiary/aromatic N) is 2. The highest BCUT2D eigenvalue weighted by atomic mass is 35.5. The molecule has 2 N–H and O–H groups in total. The van der Waals surface area contributed by atoms with Crippen molar-refractivity contribution < 1.29 is 18.4 Å². The van der Waals surface area contributed by atoms with E-state index in [1.807, 2.05) is 0 Å². The lowest BCUT2D eigenvalue weighted by molar-refractivity contribution is -0.126. The number of hydrogen-bond donors (Lipinski definition) is 2. The molecule has 0 spiro atoms. The third kappa shape index (κ3) is 5.60. The number of rotatable bonds is 6. The van der Waals surface area contributed by atoms with Crippen molar-refractivity contribution >= 4 is 29.9 Å². The Morgan fingerprint density at radius 2 is 2.00 bits per heavy atom. The summed E-state index contributed by atoms with van der Waals surface area (Å²) in [5.41, 5.74) is 0.0189. The van der Waals surface area contributed by atoms with Gasteiger partial charge in [-0.15, -0.1) is 12.4 Å². The van der Waals surface area contributed by atoms with E-state index in [9.17, 15) is 18.4 Å². The first-order chi connectivity index (χ1) is 12.5. The molecule has 3 rings (SSSR count). The number of piperazine rings is 1. The average molecular weight is 403 g/mol. The molecule has 1 unspecified atom stereocenters. The molecule has 0 radical (unpaired) electrons. The van der Waals surface area contributed by atoms with Crippen LogP contribution in [-0.4, -0.2) is 62.5 Å². The normalized spacial score (nSPS) is 20.4. The zero-order chi connectivity index (χ0) is 18.5. The van der Waals surface area contributed by atoms with Crippen LogP contribution in [0.15, 0.2) is 18.2 Å². The molecule has 2 fully saturated rings. The second-order valence-electron chi connectivity index (χ2n) is 6.74.